The van der Waals surface area contributed by atoms with Crippen molar-refractivity contribution in [3.63, 3.8) is 0 Å². The van der Waals surface area contributed by atoms with E-state index in [1.807, 2.05) is 38.1 Å². The third-order valence-electron chi connectivity index (χ3n) is 1.78. The van der Waals surface area contributed by atoms with E-state index in [-0.39, 0.29) is 11.8 Å². The number of benzene rings is 1. The first-order chi connectivity index (χ1) is 5.61. The van der Waals surface area contributed by atoms with Crippen molar-refractivity contribution in [2.45, 2.75) is 19.9 Å². The Bertz CT molecular complexity index is 274. The lowest BCUT2D eigenvalue weighted by Crippen LogP contribution is -2.63. The molecule has 12 heavy (non-hydrogen) atoms. The molecule has 2 heteroatoms. The SMILES string of the molecule is Cc1ccc(C(=O)C(C)[NH3+])cc1. The maximum Gasteiger partial charge on any atom is 0.219 e. The Morgan fingerprint density at radius 3 is 2.25 bits per heavy atom. The summed E-state index contributed by atoms with van der Waals surface area (Å²) >= 11 is 0. The first-order valence-corrected chi connectivity index (χ1v) is 4.05. The minimum absolute atomic E-state index is 0.106. The van der Waals surface area contributed by atoms with Crippen molar-refractivity contribution in [2.75, 3.05) is 0 Å². The summed E-state index contributed by atoms with van der Waals surface area (Å²) < 4.78 is 0. The van der Waals surface area contributed by atoms with Crippen LogP contribution in [0.15, 0.2) is 24.3 Å². The molecule has 3 N–H and O–H groups in total. The lowest BCUT2D eigenvalue weighted by Gasteiger charge is -2.01. The molecule has 1 unspecified atom stereocenters. The van der Waals surface area contributed by atoms with Gasteiger partial charge in [-0.3, -0.25) is 4.79 Å². The Morgan fingerprint density at radius 2 is 1.83 bits per heavy atom. The van der Waals surface area contributed by atoms with Crippen molar-refractivity contribution in [1.82, 2.24) is 0 Å². The molecule has 0 aromatic heterocycles. The Kier molecular flexibility index (Phi) is 2.61. The van der Waals surface area contributed by atoms with Gasteiger partial charge in [-0.05, 0) is 13.8 Å². The summed E-state index contributed by atoms with van der Waals surface area (Å²) in [6.07, 6.45) is 0. The second-order valence-corrected chi connectivity index (χ2v) is 3.13. The van der Waals surface area contributed by atoms with E-state index >= 15 is 0 Å². The molecule has 0 saturated heterocycles. The third kappa shape index (κ3) is 1.92. The maximum atomic E-state index is 11.4. The summed E-state index contributed by atoms with van der Waals surface area (Å²) in [6.45, 7) is 3.81. The largest absolute Gasteiger partial charge is 0.349 e. The van der Waals surface area contributed by atoms with E-state index in [9.17, 15) is 4.79 Å². The van der Waals surface area contributed by atoms with Crippen molar-refractivity contribution in [3.05, 3.63) is 35.4 Å². The zero-order valence-electron chi connectivity index (χ0n) is 7.50. The van der Waals surface area contributed by atoms with Gasteiger partial charge >= 0.3 is 0 Å². The van der Waals surface area contributed by atoms with Gasteiger partial charge in [0, 0.05) is 5.56 Å². The Morgan fingerprint density at radius 1 is 1.33 bits per heavy atom. The van der Waals surface area contributed by atoms with Gasteiger partial charge in [0.15, 0.2) is 0 Å². The van der Waals surface area contributed by atoms with Gasteiger partial charge in [0.2, 0.25) is 5.78 Å². The lowest BCUT2D eigenvalue weighted by molar-refractivity contribution is -0.393. The molecule has 0 saturated carbocycles. The number of hydrogen-bond acceptors (Lipinski definition) is 1. The number of rotatable bonds is 2. The van der Waals surface area contributed by atoms with Gasteiger partial charge < -0.3 is 5.73 Å². The second-order valence-electron chi connectivity index (χ2n) is 3.13. The highest BCUT2D eigenvalue weighted by atomic mass is 16.1. The zero-order valence-corrected chi connectivity index (χ0v) is 7.50. The van der Waals surface area contributed by atoms with Gasteiger partial charge in [-0.2, -0.15) is 0 Å². The van der Waals surface area contributed by atoms with Crippen LogP contribution in [0, 0.1) is 6.92 Å². The smallest absolute Gasteiger partial charge is 0.219 e. The summed E-state index contributed by atoms with van der Waals surface area (Å²) in [5.74, 6) is 0.106. The minimum Gasteiger partial charge on any atom is -0.349 e. The molecule has 0 bridgehead atoms. The molecular weight excluding hydrogens is 150 g/mol. The van der Waals surface area contributed by atoms with E-state index in [1.54, 1.807) is 0 Å². The van der Waals surface area contributed by atoms with Gasteiger partial charge in [0.05, 0.1) is 0 Å². The van der Waals surface area contributed by atoms with Gasteiger partial charge in [-0.15, -0.1) is 0 Å². The molecule has 1 rings (SSSR count). The molecule has 0 aliphatic carbocycles. The van der Waals surface area contributed by atoms with Crippen LogP contribution in [0.25, 0.3) is 0 Å². The Balaban J connectivity index is 2.90. The number of quaternary nitrogens is 1. The van der Waals surface area contributed by atoms with E-state index < -0.39 is 0 Å². The van der Waals surface area contributed by atoms with E-state index in [1.165, 1.54) is 5.56 Å². The average molecular weight is 164 g/mol. The molecular formula is C10H14NO+. The predicted octanol–water partition coefficient (Wildman–Crippen LogP) is 0.808. The predicted molar refractivity (Wildman–Crippen MR) is 47.9 cm³/mol. The molecule has 0 amide bonds. The van der Waals surface area contributed by atoms with Crippen molar-refractivity contribution in [3.8, 4) is 0 Å². The third-order valence-corrected chi connectivity index (χ3v) is 1.78. The molecule has 0 radical (unpaired) electrons. The lowest BCUT2D eigenvalue weighted by atomic mass is 10.0. The quantitative estimate of drug-likeness (QED) is 0.646. The maximum absolute atomic E-state index is 11.4. The summed E-state index contributed by atoms with van der Waals surface area (Å²) in [4.78, 5) is 11.4. The highest BCUT2D eigenvalue weighted by Gasteiger charge is 2.12. The van der Waals surface area contributed by atoms with Crippen LogP contribution in [0.1, 0.15) is 22.8 Å². The fourth-order valence-electron chi connectivity index (χ4n) is 1.00. The van der Waals surface area contributed by atoms with Gasteiger partial charge in [0.1, 0.15) is 6.04 Å². The van der Waals surface area contributed by atoms with Gasteiger partial charge in [-0.1, -0.05) is 29.8 Å². The van der Waals surface area contributed by atoms with Crippen LogP contribution in [-0.4, -0.2) is 11.8 Å². The van der Waals surface area contributed by atoms with Gasteiger partial charge in [0.25, 0.3) is 0 Å². The molecule has 0 aliphatic heterocycles. The van der Waals surface area contributed by atoms with Crippen LogP contribution in [0.5, 0.6) is 0 Å². The van der Waals surface area contributed by atoms with Crippen molar-refractivity contribution in [1.29, 1.82) is 0 Å². The average Bonchev–Trinajstić information content (AvgIpc) is 2.04. The van der Waals surface area contributed by atoms with E-state index in [4.69, 9.17) is 0 Å². The number of ketones is 1. The van der Waals surface area contributed by atoms with E-state index in [2.05, 4.69) is 5.73 Å². The van der Waals surface area contributed by atoms with Crippen LogP contribution in [-0.2, 0) is 0 Å². The van der Waals surface area contributed by atoms with Crippen molar-refractivity contribution in [2.24, 2.45) is 0 Å². The molecule has 0 fully saturated rings. The minimum atomic E-state index is -0.160. The molecule has 0 spiro atoms. The van der Waals surface area contributed by atoms with Crippen molar-refractivity contribution >= 4 is 5.78 Å². The number of carbonyl (C=O) groups excluding carboxylic acids is 1. The van der Waals surface area contributed by atoms with Crippen LogP contribution in [0.2, 0.25) is 0 Å². The summed E-state index contributed by atoms with van der Waals surface area (Å²) in [5, 5.41) is 0. The van der Waals surface area contributed by atoms with Crippen molar-refractivity contribution < 1.29 is 10.5 Å². The second kappa shape index (κ2) is 3.50. The number of carbonyl (C=O) groups is 1. The molecule has 1 aromatic carbocycles. The fourth-order valence-corrected chi connectivity index (χ4v) is 1.00. The fraction of sp³-hybridized carbons (Fsp3) is 0.300. The molecule has 0 aliphatic rings. The van der Waals surface area contributed by atoms with Crippen LogP contribution in [0.3, 0.4) is 0 Å². The number of Topliss-reactive ketones (excluding diaryl/α,β-unsaturated/α-hetero) is 1. The van der Waals surface area contributed by atoms with Crippen LogP contribution >= 0.6 is 0 Å². The first kappa shape index (κ1) is 8.94. The standard InChI is InChI=1S/C10H13NO/c1-7-3-5-9(6-4-7)10(12)8(2)11/h3-6,8H,11H2,1-2H3/p+1. The van der Waals surface area contributed by atoms with E-state index in [0.717, 1.165) is 5.56 Å². The first-order valence-electron chi connectivity index (χ1n) is 4.05. The highest BCUT2D eigenvalue weighted by molar-refractivity contribution is 5.98. The summed E-state index contributed by atoms with van der Waals surface area (Å²) in [5.41, 5.74) is 5.61. The molecule has 2 nitrogen and oxygen atoms in total. The molecule has 0 heterocycles. The van der Waals surface area contributed by atoms with E-state index in [0.29, 0.717) is 0 Å². The Hall–Kier alpha value is -1.15. The van der Waals surface area contributed by atoms with Gasteiger partial charge in [-0.25, -0.2) is 0 Å². The molecule has 1 atom stereocenters. The monoisotopic (exact) mass is 164 g/mol. The van der Waals surface area contributed by atoms with Crippen LogP contribution < -0.4 is 5.73 Å². The summed E-state index contributed by atoms with van der Waals surface area (Å²) in [7, 11) is 0. The normalized spacial score (nSPS) is 12.6. The highest BCUT2D eigenvalue weighted by Crippen LogP contribution is 2.04. The number of hydrogen-bond donors (Lipinski definition) is 1. The zero-order chi connectivity index (χ0) is 9.14. The summed E-state index contributed by atoms with van der Waals surface area (Å²) in [6, 6.07) is 7.41. The Labute approximate surface area is 72.4 Å². The number of aryl methyl sites for hydroxylation is 1. The molecule has 1 aromatic rings. The molecule has 64 valence electrons. The topological polar surface area (TPSA) is 44.7 Å². The van der Waals surface area contributed by atoms with Crippen LogP contribution in [0.4, 0.5) is 0 Å².